The number of carbonyl (C=O) groups excluding carboxylic acids is 2. The molecule has 1 aromatic carbocycles. The summed E-state index contributed by atoms with van der Waals surface area (Å²) in [6, 6.07) is 7.19. The van der Waals surface area contributed by atoms with Crippen molar-refractivity contribution >= 4 is 58.4 Å². The highest BCUT2D eigenvalue weighted by molar-refractivity contribution is 7.80. The summed E-state index contributed by atoms with van der Waals surface area (Å²) in [6.07, 6.45) is 1.14. The summed E-state index contributed by atoms with van der Waals surface area (Å²) >= 11 is 9.66. The third kappa shape index (κ3) is 3.43. The Hall–Kier alpha value is -2.39. The Balaban J connectivity index is 2.27. The van der Waals surface area contributed by atoms with E-state index in [1.54, 1.807) is 12.1 Å². The van der Waals surface area contributed by atoms with E-state index in [-0.39, 0.29) is 10.2 Å². The van der Waals surface area contributed by atoms with Crippen molar-refractivity contribution in [1.82, 2.24) is 10.7 Å². The van der Waals surface area contributed by atoms with E-state index >= 15 is 0 Å². The van der Waals surface area contributed by atoms with E-state index in [0.29, 0.717) is 5.69 Å². The second kappa shape index (κ2) is 6.58. The van der Waals surface area contributed by atoms with E-state index in [0.717, 1.165) is 11.8 Å². The van der Waals surface area contributed by atoms with Crippen LogP contribution in [0.3, 0.4) is 0 Å². The largest absolute Gasteiger partial charge is 0.375 e. The van der Waals surface area contributed by atoms with E-state index in [2.05, 4.69) is 28.1 Å². The number of aryl methyl sites for hydroxylation is 1. The summed E-state index contributed by atoms with van der Waals surface area (Å²) in [4.78, 5) is 25.7. The number of hydrogen-bond donors (Lipinski definition) is 3. The first kappa shape index (κ1) is 16.0. The van der Waals surface area contributed by atoms with Gasteiger partial charge < -0.3 is 11.1 Å². The van der Waals surface area contributed by atoms with Crippen molar-refractivity contribution in [1.29, 1.82) is 0 Å². The number of amides is 2. The third-order valence-corrected chi connectivity index (χ3v) is 3.27. The zero-order valence-electron chi connectivity index (χ0n) is 11.6. The first-order valence-corrected chi connectivity index (χ1v) is 7.06. The number of benzene rings is 1. The van der Waals surface area contributed by atoms with Crippen molar-refractivity contribution < 1.29 is 9.59 Å². The molecule has 0 aromatic heterocycles. The number of thiocarbonyl (C=S) groups is 2. The molecule has 4 N–H and O–H groups in total. The van der Waals surface area contributed by atoms with Crippen LogP contribution in [0.25, 0.3) is 0 Å². The van der Waals surface area contributed by atoms with Gasteiger partial charge in [-0.3, -0.25) is 19.9 Å². The van der Waals surface area contributed by atoms with Gasteiger partial charge in [0.05, 0.1) is 5.69 Å². The molecule has 9 heteroatoms. The van der Waals surface area contributed by atoms with Gasteiger partial charge in [-0.05, 0) is 43.5 Å². The van der Waals surface area contributed by atoms with Gasteiger partial charge in [0.25, 0.3) is 5.91 Å². The van der Waals surface area contributed by atoms with Crippen LogP contribution in [-0.4, -0.2) is 28.3 Å². The molecule has 1 saturated heterocycles. The van der Waals surface area contributed by atoms with Gasteiger partial charge in [0.15, 0.2) is 16.1 Å². The molecular formula is C13H13N5O2S2. The molecule has 0 spiro atoms. The molecule has 7 nitrogen and oxygen atoms in total. The standard InChI is InChI=1S/C13H13N5O2S2/c1-7-2-4-8(5-3-7)18-11(20)9(6-15-17-12(14)21)10(19)16-13(18)22/h2-6,9H,1H3,(H3,14,17,21)(H,16,19,22)/b15-6+/t9-/m0/s1. The van der Waals surface area contributed by atoms with Crippen LogP contribution in [0.4, 0.5) is 5.69 Å². The maximum absolute atomic E-state index is 12.5. The fraction of sp³-hybridized carbons (Fsp3) is 0.154. The zero-order valence-corrected chi connectivity index (χ0v) is 13.2. The average Bonchev–Trinajstić information content (AvgIpc) is 2.44. The summed E-state index contributed by atoms with van der Waals surface area (Å²) in [5.74, 6) is -2.16. The van der Waals surface area contributed by atoms with Crippen molar-refractivity contribution in [2.24, 2.45) is 16.8 Å². The number of hydrazone groups is 1. The van der Waals surface area contributed by atoms with Crippen LogP contribution in [0.2, 0.25) is 0 Å². The lowest BCUT2D eigenvalue weighted by Crippen LogP contribution is -2.58. The SMILES string of the molecule is Cc1ccc(N2C(=O)[C@@H](/C=N/NC(N)=S)C(=O)NC2=S)cc1. The molecule has 0 saturated carbocycles. The lowest BCUT2D eigenvalue weighted by atomic mass is 10.1. The van der Waals surface area contributed by atoms with Gasteiger partial charge in [-0.2, -0.15) is 5.10 Å². The highest BCUT2D eigenvalue weighted by Gasteiger charge is 2.38. The fourth-order valence-corrected chi connectivity index (χ4v) is 2.18. The molecule has 114 valence electrons. The lowest BCUT2D eigenvalue weighted by Gasteiger charge is -2.30. The van der Waals surface area contributed by atoms with Crippen molar-refractivity contribution in [3.8, 4) is 0 Å². The van der Waals surface area contributed by atoms with Gasteiger partial charge in [-0.1, -0.05) is 17.7 Å². The van der Waals surface area contributed by atoms with Crippen LogP contribution in [0, 0.1) is 12.8 Å². The molecule has 1 aromatic rings. The Bertz CT molecular complexity index is 672. The topological polar surface area (TPSA) is 99.8 Å². The quantitative estimate of drug-likeness (QED) is 0.315. The molecule has 1 atom stereocenters. The first-order valence-electron chi connectivity index (χ1n) is 6.24. The molecule has 0 radical (unpaired) electrons. The normalized spacial score (nSPS) is 18.5. The lowest BCUT2D eigenvalue weighted by molar-refractivity contribution is -0.130. The number of nitrogens with one attached hydrogen (secondary N) is 2. The second-order valence-corrected chi connectivity index (χ2v) is 5.36. The molecule has 1 heterocycles. The Labute approximate surface area is 137 Å². The number of nitrogens with zero attached hydrogens (tertiary/aromatic N) is 2. The van der Waals surface area contributed by atoms with Gasteiger partial charge >= 0.3 is 0 Å². The number of carbonyl (C=O) groups is 2. The molecule has 0 unspecified atom stereocenters. The third-order valence-electron chi connectivity index (χ3n) is 2.89. The molecule has 1 aliphatic heterocycles. The molecule has 1 fully saturated rings. The van der Waals surface area contributed by atoms with E-state index in [9.17, 15) is 9.59 Å². The zero-order chi connectivity index (χ0) is 16.3. The van der Waals surface area contributed by atoms with Gasteiger partial charge in [-0.25, -0.2) is 0 Å². The minimum absolute atomic E-state index is 0.0332. The summed E-state index contributed by atoms with van der Waals surface area (Å²) < 4.78 is 0. The smallest absolute Gasteiger partial charge is 0.251 e. The first-order chi connectivity index (χ1) is 10.4. The second-order valence-electron chi connectivity index (χ2n) is 4.54. The fourth-order valence-electron chi connectivity index (χ4n) is 1.84. The molecule has 2 amide bonds. The highest BCUT2D eigenvalue weighted by atomic mass is 32.1. The Morgan fingerprint density at radius 1 is 1.41 bits per heavy atom. The molecule has 0 bridgehead atoms. The van der Waals surface area contributed by atoms with Crippen molar-refractivity contribution in [2.75, 3.05) is 4.90 Å². The maximum atomic E-state index is 12.5. The molecule has 1 aliphatic rings. The van der Waals surface area contributed by atoms with Gasteiger partial charge in [0, 0.05) is 6.21 Å². The number of rotatable bonds is 3. The van der Waals surface area contributed by atoms with Gasteiger partial charge in [0.1, 0.15) is 0 Å². The summed E-state index contributed by atoms with van der Waals surface area (Å²) in [5.41, 5.74) is 9.14. The van der Waals surface area contributed by atoms with E-state index in [4.69, 9.17) is 18.0 Å². The van der Waals surface area contributed by atoms with Crippen LogP contribution in [0.5, 0.6) is 0 Å². The molecule has 22 heavy (non-hydrogen) atoms. The molecule has 2 rings (SSSR count). The molecule has 0 aliphatic carbocycles. The van der Waals surface area contributed by atoms with E-state index in [1.165, 1.54) is 4.90 Å². The average molecular weight is 335 g/mol. The Morgan fingerprint density at radius 3 is 2.64 bits per heavy atom. The minimum atomic E-state index is -1.12. The van der Waals surface area contributed by atoms with Crippen LogP contribution >= 0.6 is 24.4 Å². The van der Waals surface area contributed by atoms with Crippen LogP contribution in [0.1, 0.15) is 5.56 Å². The summed E-state index contributed by atoms with van der Waals surface area (Å²) in [6.45, 7) is 1.93. The number of hydrogen-bond acceptors (Lipinski definition) is 5. The minimum Gasteiger partial charge on any atom is -0.375 e. The monoisotopic (exact) mass is 335 g/mol. The van der Waals surface area contributed by atoms with Crippen LogP contribution in [-0.2, 0) is 9.59 Å². The Kier molecular flexibility index (Phi) is 4.78. The van der Waals surface area contributed by atoms with E-state index < -0.39 is 17.7 Å². The number of nitrogens with two attached hydrogens (primary N) is 1. The van der Waals surface area contributed by atoms with Crippen molar-refractivity contribution in [2.45, 2.75) is 6.92 Å². The predicted molar refractivity (Wildman–Crippen MR) is 91.3 cm³/mol. The highest BCUT2D eigenvalue weighted by Crippen LogP contribution is 2.20. The Morgan fingerprint density at radius 2 is 2.05 bits per heavy atom. The molecular weight excluding hydrogens is 322 g/mol. The van der Waals surface area contributed by atoms with Crippen LogP contribution < -0.4 is 21.4 Å². The van der Waals surface area contributed by atoms with Crippen LogP contribution in [0.15, 0.2) is 29.4 Å². The summed E-state index contributed by atoms with van der Waals surface area (Å²) in [7, 11) is 0. The predicted octanol–water partition coefficient (Wildman–Crippen LogP) is 0.178. The van der Waals surface area contributed by atoms with Gasteiger partial charge in [-0.15, -0.1) is 0 Å². The maximum Gasteiger partial charge on any atom is 0.251 e. The van der Waals surface area contributed by atoms with Gasteiger partial charge in [0.2, 0.25) is 5.91 Å². The number of anilines is 1. The van der Waals surface area contributed by atoms with E-state index in [1.807, 2.05) is 19.1 Å². The summed E-state index contributed by atoms with van der Waals surface area (Å²) in [5, 5.41) is 6.11. The van der Waals surface area contributed by atoms with Crippen molar-refractivity contribution in [3.05, 3.63) is 29.8 Å². The van der Waals surface area contributed by atoms with Crippen molar-refractivity contribution in [3.63, 3.8) is 0 Å².